The van der Waals surface area contributed by atoms with E-state index in [4.69, 9.17) is 82.8 Å². The maximum Gasteiger partial charge on any atom is 0.506 e. The second-order valence-corrected chi connectivity index (χ2v) is 22.8. The first-order valence-electron chi connectivity index (χ1n) is 35.5. The number of alkyl carbamates (subject to hydrolysis) is 1. The number of carbonyl (C=O) groups is 14. The molecule has 4 rings (SSSR count). The summed E-state index contributed by atoms with van der Waals surface area (Å²) in [5.41, 5.74) is 17.5. The van der Waals surface area contributed by atoms with E-state index < -0.39 is 78.0 Å². The Bertz CT molecular complexity index is 3140. The summed E-state index contributed by atoms with van der Waals surface area (Å²) in [4.78, 5) is 152. The molecule has 113 heavy (non-hydrogen) atoms. The summed E-state index contributed by atoms with van der Waals surface area (Å²) in [6.07, 6.45) is 1.91. The van der Waals surface area contributed by atoms with Crippen LogP contribution in [0.5, 0.6) is 0 Å². The number of amides is 4. The Morgan fingerprint density at radius 3 is 1.08 bits per heavy atom. The van der Waals surface area contributed by atoms with Gasteiger partial charge in [0.25, 0.3) is 0 Å². The summed E-state index contributed by atoms with van der Waals surface area (Å²) in [5, 5.41) is 48.1. The Morgan fingerprint density at radius 1 is 0.442 bits per heavy atom. The third-order valence-corrected chi connectivity index (χ3v) is 12.5. The van der Waals surface area contributed by atoms with Crippen molar-refractivity contribution in [1.82, 2.24) is 30.8 Å². The van der Waals surface area contributed by atoms with Crippen LogP contribution in [0.15, 0.2) is 110 Å². The van der Waals surface area contributed by atoms with Crippen LogP contribution in [0.2, 0.25) is 0 Å². The maximum absolute atomic E-state index is 11.6. The Hall–Kier alpha value is -11.4. The quantitative estimate of drug-likeness (QED) is 0.00936. The molecule has 0 radical (unpaired) electrons. The molecule has 4 amide bonds. The molecular formula is C74H118ClN9O29. The predicted molar refractivity (Wildman–Crippen MR) is 413 cm³/mol. The summed E-state index contributed by atoms with van der Waals surface area (Å²) in [6, 6.07) is 25.7. The molecule has 640 valence electrons. The van der Waals surface area contributed by atoms with Crippen LogP contribution in [0.4, 0.5) is 33.6 Å². The zero-order chi connectivity index (χ0) is 87.5. The Balaban J connectivity index is -0.000000289. The average molecular weight is 1630 g/mol. The van der Waals surface area contributed by atoms with Crippen LogP contribution in [0, 0.1) is 23.7 Å². The standard InChI is InChI=1S/C14H26N2O5.C14H19NO4.C8H7ClO2.C8H8O3.C7H13NO4.C7H15NO2.C6H13NO2.C5H11NO2.C4H4N2O2.CH2O3/c1-5-7-8-21-13(18)11(4)16-14(19)15-9-10(3)12(17)20-6-2;1-3-18-13(16)11(2)9-15-14(17)19-10-12-7-5-4-6-8-12;2*9-8(10)11-6-7-4-2-1-3-5-7;1-3-12-6(9)5(2)4-8-7(10)11;1-3-4-5-10-7(9)6(2)8;1-3-9-6(8)5(2)4-7;1-3-8-5(7)4(2)6;7-4(8)6-2-1-5-3-6;2-1(3)4/h10-11H,5-9H2,1-4H3,(H2,15,16,19);4-8,11H,3,9-10H2,1-2H3,(H,15,17);1-5H,6H2;1-5H,6H2,(H,9,10);5,8H,3-4H2,1-2H3,(H,10,11);6H,3-5,8H2,1-2H3;5H,3-4,7H2,1-2H3;4H,3,6H2,1-2H3;1-3H,(H,7,8);(H2,2,3,4). The number of nitrogens with zero attached hydrogens (tertiary/aromatic N) is 2. The molecule has 0 aliphatic heterocycles. The molecule has 38 nitrogen and oxygen atoms in total. The summed E-state index contributed by atoms with van der Waals surface area (Å²) < 4.78 is 48.2. The fraction of sp³-hybridized carbons (Fsp3) is 0.527. The van der Waals surface area contributed by atoms with Crippen molar-refractivity contribution in [3.05, 3.63) is 126 Å². The summed E-state index contributed by atoms with van der Waals surface area (Å²) in [5.74, 6) is -3.84. The van der Waals surface area contributed by atoms with E-state index >= 15 is 0 Å². The van der Waals surface area contributed by atoms with Crippen molar-refractivity contribution in [2.75, 3.05) is 72.4 Å². The number of hydrogen-bond donors (Lipinski definition) is 12. The summed E-state index contributed by atoms with van der Waals surface area (Å²) in [6.45, 7) is 28.2. The van der Waals surface area contributed by atoms with Crippen LogP contribution in [0.3, 0.4) is 0 Å². The fourth-order valence-corrected chi connectivity index (χ4v) is 6.31. The number of halogens is 1. The van der Waals surface area contributed by atoms with Gasteiger partial charge in [-0.25, -0.2) is 47.9 Å². The highest BCUT2D eigenvalue weighted by molar-refractivity contribution is 6.61. The zero-order valence-corrected chi connectivity index (χ0v) is 67.5. The number of rotatable bonds is 32. The number of aromatic nitrogens is 2. The van der Waals surface area contributed by atoms with Gasteiger partial charge in [-0.15, -0.1) is 0 Å². The van der Waals surface area contributed by atoms with Crippen LogP contribution in [0.1, 0.15) is 139 Å². The Kier molecular flexibility index (Phi) is 75.7. The minimum Gasteiger partial charge on any atom is -0.466 e. The van der Waals surface area contributed by atoms with E-state index in [1.54, 1.807) is 83.1 Å². The molecule has 0 saturated carbocycles. The van der Waals surface area contributed by atoms with Gasteiger partial charge in [-0.1, -0.05) is 145 Å². The van der Waals surface area contributed by atoms with E-state index in [1.807, 2.05) is 105 Å². The van der Waals surface area contributed by atoms with Crippen molar-refractivity contribution in [1.29, 1.82) is 0 Å². The molecule has 7 unspecified atom stereocenters. The maximum atomic E-state index is 11.6. The molecule has 15 N–H and O–H groups in total. The van der Waals surface area contributed by atoms with Gasteiger partial charge in [0.2, 0.25) is 0 Å². The molecule has 0 aliphatic carbocycles. The van der Waals surface area contributed by atoms with Crippen LogP contribution < -0.4 is 38.5 Å². The highest BCUT2D eigenvalue weighted by atomic mass is 35.5. The van der Waals surface area contributed by atoms with Crippen LogP contribution in [-0.4, -0.2) is 209 Å². The molecule has 4 aromatic rings. The van der Waals surface area contributed by atoms with Gasteiger partial charge in [-0.2, -0.15) is 0 Å². The highest BCUT2D eigenvalue weighted by Gasteiger charge is 2.20. The average Bonchev–Trinajstić information content (AvgIpc) is 1.73. The number of benzene rings is 3. The van der Waals surface area contributed by atoms with Gasteiger partial charge in [0.1, 0.15) is 44.3 Å². The number of nitrogens with two attached hydrogens (primary N) is 3. The van der Waals surface area contributed by atoms with Crippen molar-refractivity contribution in [2.45, 2.75) is 161 Å². The molecule has 0 bridgehead atoms. The molecule has 7 atom stereocenters. The van der Waals surface area contributed by atoms with Gasteiger partial charge in [-0.3, -0.25) is 28.8 Å². The molecule has 0 saturated heterocycles. The van der Waals surface area contributed by atoms with Gasteiger partial charge < -0.3 is 111 Å². The Labute approximate surface area is 664 Å². The minimum absolute atomic E-state index is 0.0914. The number of carboxylic acid groups (broad SMARTS) is 5. The number of ether oxygens (including phenoxy) is 10. The van der Waals surface area contributed by atoms with Gasteiger partial charge in [0.15, 0.2) is 0 Å². The number of urea groups is 1. The third kappa shape index (κ3) is 77.2. The highest BCUT2D eigenvalue weighted by Crippen LogP contribution is 2.05. The number of hydrogen-bond acceptors (Lipinski definition) is 28. The van der Waals surface area contributed by atoms with Crippen LogP contribution >= 0.6 is 11.6 Å². The van der Waals surface area contributed by atoms with E-state index in [-0.39, 0.29) is 87.1 Å². The molecule has 1 aromatic heterocycles. The first-order chi connectivity index (χ1) is 53.3. The molecule has 1 heterocycles. The number of unbranched alkanes of at least 4 members (excludes halogenated alkanes) is 2. The van der Waals surface area contributed by atoms with Crippen molar-refractivity contribution in [3.63, 3.8) is 0 Å². The SMILES string of the molecule is CCCCOC(=O)C(C)N.CCCCOC(=O)C(C)NC(=O)NCC(C)C(=O)OCC.CCOC(=O)C(C)CN.CCOC(=O)C(C)CNC(=O)O.CCOC(=O)C(C)CNC(=O)OCc1ccccc1.CCOC(=O)C(C)N.O=C(Cl)OCc1ccccc1.O=C(O)O.O=C(O)OCc1ccccc1.O=C(O)n1ccnc1. The monoisotopic (exact) mass is 1630 g/mol. The van der Waals surface area contributed by atoms with Crippen LogP contribution in [0.25, 0.3) is 0 Å². The lowest BCUT2D eigenvalue weighted by Gasteiger charge is -2.15. The normalized spacial score (nSPS) is 11.3. The van der Waals surface area contributed by atoms with E-state index in [0.717, 1.165) is 46.9 Å². The van der Waals surface area contributed by atoms with Crippen molar-refractivity contribution < 1.29 is 140 Å². The van der Waals surface area contributed by atoms with Crippen molar-refractivity contribution in [2.24, 2.45) is 40.9 Å². The lowest BCUT2D eigenvalue weighted by atomic mass is 10.2. The molecule has 0 spiro atoms. The zero-order valence-electron chi connectivity index (χ0n) is 66.7. The predicted octanol–water partition coefficient (Wildman–Crippen LogP) is 9.57. The lowest BCUT2D eigenvalue weighted by Crippen LogP contribution is -2.46. The van der Waals surface area contributed by atoms with Crippen molar-refractivity contribution in [3.8, 4) is 0 Å². The van der Waals surface area contributed by atoms with E-state index in [2.05, 4.69) is 49.9 Å². The summed E-state index contributed by atoms with van der Waals surface area (Å²) >= 11 is 4.97. The smallest absolute Gasteiger partial charge is 0.466 e. The molecule has 0 fully saturated rings. The minimum atomic E-state index is -1.83. The lowest BCUT2D eigenvalue weighted by molar-refractivity contribution is -0.148. The van der Waals surface area contributed by atoms with Gasteiger partial charge >= 0.3 is 83.8 Å². The Morgan fingerprint density at radius 2 is 0.779 bits per heavy atom. The molecular weight excluding hydrogens is 1510 g/mol. The summed E-state index contributed by atoms with van der Waals surface area (Å²) in [7, 11) is 0. The van der Waals surface area contributed by atoms with E-state index in [9.17, 15) is 62.3 Å². The second kappa shape index (κ2) is 76.0. The van der Waals surface area contributed by atoms with E-state index in [1.165, 1.54) is 18.7 Å². The number of imidazole rings is 1. The van der Waals surface area contributed by atoms with E-state index in [0.29, 0.717) is 52.8 Å². The molecule has 39 heteroatoms. The topological polar surface area (TPSA) is 576 Å². The first kappa shape index (κ1) is 113. The van der Waals surface area contributed by atoms with Gasteiger partial charge in [0, 0.05) is 50.2 Å². The fourth-order valence-electron chi connectivity index (χ4n) is 6.26. The number of esters is 7. The number of carbonyl (C=O) groups excluding carboxylic acids is 10. The van der Waals surface area contributed by atoms with Crippen LogP contribution in [-0.2, 0) is 101 Å². The van der Waals surface area contributed by atoms with Crippen molar-refractivity contribution >= 4 is 95.4 Å². The molecule has 0 aliphatic rings. The largest absolute Gasteiger partial charge is 0.506 e. The number of nitrogens with one attached hydrogen (secondary N) is 4. The van der Waals surface area contributed by atoms with Gasteiger partial charge in [0.05, 0.1) is 69.9 Å². The third-order valence-electron chi connectivity index (χ3n) is 12.3. The first-order valence-corrected chi connectivity index (χ1v) is 35.9. The molecule has 3 aromatic carbocycles. The van der Waals surface area contributed by atoms with Gasteiger partial charge in [-0.05, 0) is 84.9 Å². The second-order valence-electron chi connectivity index (χ2n) is 22.5.